The van der Waals surface area contributed by atoms with Crippen LogP contribution in [0.3, 0.4) is 0 Å². The molecule has 6 nitrogen and oxygen atoms in total. The lowest BCUT2D eigenvalue weighted by molar-refractivity contribution is -0.116. The number of anilines is 1. The average Bonchev–Trinajstić information content (AvgIpc) is 3.13. The minimum Gasteiger partial charge on any atom is -0.363 e. The van der Waals surface area contributed by atoms with Gasteiger partial charge >= 0.3 is 0 Å². The summed E-state index contributed by atoms with van der Waals surface area (Å²) in [5.74, 6) is -0.122. The van der Waals surface area contributed by atoms with Gasteiger partial charge in [0.15, 0.2) is 5.82 Å². The van der Waals surface area contributed by atoms with E-state index in [0.29, 0.717) is 17.9 Å². The third-order valence-corrected chi connectivity index (χ3v) is 3.98. The van der Waals surface area contributed by atoms with Gasteiger partial charge in [-0.2, -0.15) is 0 Å². The molecule has 134 valence electrons. The van der Waals surface area contributed by atoms with E-state index in [4.69, 9.17) is 0 Å². The predicted octanol–water partition coefficient (Wildman–Crippen LogP) is 3.51. The van der Waals surface area contributed by atoms with Crippen molar-refractivity contribution in [1.29, 1.82) is 0 Å². The van der Waals surface area contributed by atoms with Crippen molar-refractivity contribution in [2.75, 3.05) is 18.4 Å². The zero-order chi connectivity index (χ0) is 18.1. The Morgan fingerprint density at radius 1 is 1.12 bits per heavy atom. The predicted molar refractivity (Wildman–Crippen MR) is 96.4 cm³/mol. The zero-order valence-corrected chi connectivity index (χ0v) is 14.8. The summed E-state index contributed by atoms with van der Waals surface area (Å²) in [6.45, 7) is 4.45. The maximum absolute atomic E-state index is 12.6. The topological polar surface area (TPSA) is 75.4 Å². The normalized spacial score (nSPS) is 10.5. The van der Waals surface area contributed by atoms with Crippen LogP contribution >= 0.6 is 0 Å². The molecular formula is C19H25N3O3. The first-order chi connectivity index (χ1) is 12.1. The lowest BCUT2D eigenvalue weighted by Crippen LogP contribution is -2.37. The monoisotopic (exact) mass is 343 g/mol. The third-order valence-electron chi connectivity index (χ3n) is 3.98. The van der Waals surface area contributed by atoms with Crippen molar-refractivity contribution in [3.8, 4) is 0 Å². The van der Waals surface area contributed by atoms with Gasteiger partial charge in [0.05, 0.1) is 0 Å². The Balaban J connectivity index is 1.92. The minimum absolute atomic E-state index is 0.0273. The van der Waals surface area contributed by atoms with Crippen LogP contribution in [-0.2, 0) is 11.2 Å². The van der Waals surface area contributed by atoms with E-state index in [-0.39, 0.29) is 18.4 Å². The largest absolute Gasteiger partial charge is 0.363 e. The Bertz CT molecular complexity index is 666. The molecular weight excluding hydrogens is 318 g/mol. The number of carbonyl (C=O) groups is 2. The van der Waals surface area contributed by atoms with Gasteiger partial charge < -0.3 is 14.7 Å². The number of aromatic nitrogens is 1. The van der Waals surface area contributed by atoms with Crippen molar-refractivity contribution in [3.05, 3.63) is 47.7 Å². The highest BCUT2D eigenvalue weighted by molar-refractivity contribution is 5.99. The van der Waals surface area contributed by atoms with Crippen molar-refractivity contribution in [2.24, 2.45) is 0 Å². The van der Waals surface area contributed by atoms with Crippen LogP contribution in [0.15, 0.2) is 41.1 Å². The van der Waals surface area contributed by atoms with Crippen molar-refractivity contribution < 1.29 is 14.1 Å². The van der Waals surface area contributed by atoms with Crippen molar-refractivity contribution in [1.82, 2.24) is 10.1 Å². The summed E-state index contributed by atoms with van der Waals surface area (Å²) in [7, 11) is 0. The van der Waals surface area contributed by atoms with E-state index in [1.54, 1.807) is 6.07 Å². The Morgan fingerprint density at radius 2 is 1.88 bits per heavy atom. The van der Waals surface area contributed by atoms with E-state index in [2.05, 4.69) is 21.9 Å². The number of benzene rings is 1. The van der Waals surface area contributed by atoms with Gasteiger partial charge in [-0.25, -0.2) is 0 Å². The molecule has 0 bridgehead atoms. The number of unbranched alkanes of at least 4 members (excludes halogenated alkanes) is 2. The highest BCUT2D eigenvalue weighted by Gasteiger charge is 2.17. The van der Waals surface area contributed by atoms with Crippen molar-refractivity contribution in [3.63, 3.8) is 0 Å². The number of nitrogens with one attached hydrogen (secondary N) is 1. The summed E-state index contributed by atoms with van der Waals surface area (Å²) in [4.78, 5) is 26.1. The molecule has 1 N–H and O–H groups in total. The summed E-state index contributed by atoms with van der Waals surface area (Å²) >= 11 is 0. The maximum Gasteiger partial charge on any atom is 0.254 e. The van der Waals surface area contributed by atoms with Crippen LogP contribution in [0.5, 0.6) is 0 Å². The van der Waals surface area contributed by atoms with E-state index in [1.165, 1.54) is 29.6 Å². The summed E-state index contributed by atoms with van der Waals surface area (Å²) in [6, 6.07) is 9.20. The molecule has 6 heteroatoms. The average molecular weight is 343 g/mol. The quantitative estimate of drug-likeness (QED) is 0.707. The van der Waals surface area contributed by atoms with Crippen LogP contribution in [0.2, 0.25) is 0 Å². The van der Waals surface area contributed by atoms with Gasteiger partial charge in [-0.1, -0.05) is 37.1 Å². The molecule has 0 saturated carbocycles. The molecule has 0 atom stereocenters. The summed E-state index contributed by atoms with van der Waals surface area (Å²) < 4.78 is 4.66. The first kappa shape index (κ1) is 18.7. The molecule has 0 saturated heterocycles. The van der Waals surface area contributed by atoms with Gasteiger partial charge in [-0.3, -0.25) is 9.59 Å². The zero-order valence-electron chi connectivity index (χ0n) is 14.8. The second kappa shape index (κ2) is 9.61. The Hall–Kier alpha value is -2.63. The lowest BCUT2D eigenvalue weighted by Gasteiger charge is -2.20. The number of amides is 2. The van der Waals surface area contributed by atoms with E-state index < -0.39 is 0 Å². The Morgan fingerprint density at radius 3 is 2.48 bits per heavy atom. The van der Waals surface area contributed by atoms with Crippen LogP contribution in [0.4, 0.5) is 5.82 Å². The second-order valence-electron chi connectivity index (χ2n) is 5.91. The molecule has 0 fully saturated rings. The molecule has 2 rings (SSSR count). The Labute approximate surface area is 148 Å². The van der Waals surface area contributed by atoms with Crippen molar-refractivity contribution in [2.45, 2.75) is 39.5 Å². The molecule has 0 aliphatic rings. The molecule has 0 unspecified atom stereocenters. The van der Waals surface area contributed by atoms with Gasteiger partial charge in [0, 0.05) is 18.2 Å². The van der Waals surface area contributed by atoms with Crippen LogP contribution in [0.1, 0.15) is 49.0 Å². The standard InChI is InChI=1S/C19H25N3O3/c1-3-5-6-7-15-8-10-16(11-9-15)19(24)22(4-2)14-18(23)20-17-12-13-25-21-17/h8-13H,3-7,14H2,1-2H3,(H,20,21,23). The molecule has 2 aromatic rings. The van der Waals surface area contributed by atoms with Gasteiger partial charge in [-0.15, -0.1) is 0 Å². The minimum atomic E-state index is -0.305. The molecule has 0 aliphatic carbocycles. The highest BCUT2D eigenvalue weighted by Crippen LogP contribution is 2.11. The molecule has 0 aliphatic heterocycles. The number of likely N-dealkylation sites (N-methyl/N-ethyl adjacent to an activating group) is 1. The van der Waals surface area contributed by atoms with Gasteiger partial charge in [0.1, 0.15) is 12.8 Å². The molecule has 0 spiro atoms. The SMILES string of the molecule is CCCCCc1ccc(C(=O)N(CC)CC(=O)Nc2ccon2)cc1. The fourth-order valence-corrected chi connectivity index (χ4v) is 2.54. The van der Waals surface area contributed by atoms with Crippen LogP contribution in [0, 0.1) is 0 Å². The van der Waals surface area contributed by atoms with Gasteiger partial charge in [0.2, 0.25) is 5.91 Å². The highest BCUT2D eigenvalue weighted by atomic mass is 16.5. The third kappa shape index (κ3) is 5.74. The lowest BCUT2D eigenvalue weighted by atomic mass is 10.0. The number of rotatable bonds is 9. The number of carbonyl (C=O) groups excluding carboxylic acids is 2. The first-order valence-electron chi connectivity index (χ1n) is 8.72. The molecule has 2 amide bonds. The number of aryl methyl sites for hydroxylation is 1. The molecule has 1 aromatic carbocycles. The van der Waals surface area contributed by atoms with Crippen LogP contribution in [-0.4, -0.2) is 35.0 Å². The number of hydrogen-bond donors (Lipinski definition) is 1. The number of hydrogen-bond acceptors (Lipinski definition) is 4. The van der Waals surface area contributed by atoms with Crippen LogP contribution < -0.4 is 5.32 Å². The summed E-state index contributed by atoms with van der Waals surface area (Å²) in [6.07, 6.45) is 5.97. The smallest absolute Gasteiger partial charge is 0.254 e. The van der Waals surface area contributed by atoms with E-state index in [1.807, 2.05) is 31.2 Å². The second-order valence-corrected chi connectivity index (χ2v) is 5.91. The maximum atomic E-state index is 12.6. The fraction of sp³-hybridized carbons (Fsp3) is 0.421. The number of nitrogens with zero attached hydrogens (tertiary/aromatic N) is 2. The fourth-order valence-electron chi connectivity index (χ4n) is 2.54. The van der Waals surface area contributed by atoms with Gasteiger partial charge in [0.25, 0.3) is 5.91 Å². The van der Waals surface area contributed by atoms with E-state index in [9.17, 15) is 9.59 Å². The van der Waals surface area contributed by atoms with Gasteiger partial charge in [-0.05, 0) is 37.5 Å². The van der Waals surface area contributed by atoms with E-state index in [0.717, 1.165) is 12.8 Å². The molecule has 1 aromatic heterocycles. The molecule has 1 heterocycles. The Kier molecular flexibility index (Phi) is 7.19. The summed E-state index contributed by atoms with van der Waals surface area (Å²) in [5.41, 5.74) is 1.83. The van der Waals surface area contributed by atoms with Crippen LogP contribution in [0.25, 0.3) is 0 Å². The van der Waals surface area contributed by atoms with Crippen molar-refractivity contribution >= 4 is 17.6 Å². The molecule has 25 heavy (non-hydrogen) atoms. The van der Waals surface area contributed by atoms with E-state index >= 15 is 0 Å². The summed E-state index contributed by atoms with van der Waals surface area (Å²) in [5, 5.41) is 6.22. The first-order valence-corrected chi connectivity index (χ1v) is 8.72. The molecule has 0 radical (unpaired) electrons.